The molecule has 18 heavy (non-hydrogen) atoms. The van der Waals surface area contributed by atoms with Gasteiger partial charge in [0.25, 0.3) is 0 Å². The van der Waals surface area contributed by atoms with E-state index in [1.54, 1.807) is 19.1 Å². The van der Waals surface area contributed by atoms with E-state index in [4.69, 9.17) is 15.2 Å². The van der Waals surface area contributed by atoms with Crippen molar-refractivity contribution in [2.24, 2.45) is 5.73 Å². The number of esters is 1. The third kappa shape index (κ3) is 3.92. The summed E-state index contributed by atoms with van der Waals surface area (Å²) >= 11 is 0. The molecule has 1 unspecified atom stereocenters. The third-order valence-corrected chi connectivity index (χ3v) is 2.31. The van der Waals surface area contributed by atoms with Crippen molar-refractivity contribution < 1.29 is 19.0 Å². The number of benzene rings is 1. The minimum absolute atomic E-state index is 0.0370. The fourth-order valence-corrected chi connectivity index (χ4v) is 1.35. The number of rotatable bonds is 6. The Balaban J connectivity index is 2.63. The van der Waals surface area contributed by atoms with Gasteiger partial charge in [-0.05, 0) is 26.0 Å². The second kappa shape index (κ2) is 6.26. The summed E-state index contributed by atoms with van der Waals surface area (Å²) in [5.74, 6) is 0.803. The zero-order chi connectivity index (χ0) is 13.6. The summed E-state index contributed by atoms with van der Waals surface area (Å²) in [6.07, 6.45) is 0. The maximum absolute atomic E-state index is 11.4. The topological polar surface area (TPSA) is 70.8 Å². The number of methoxy groups -OCH3 is 1. The maximum Gasteiger partial charge on any atom is 0.329 e. The van der Waals surface area contributed by atoms with Gasteiger partial charge in [0.15, 0.2) is 0 Å². The van der Waals surface area contributed by atoms with Crippen LogP contribution < -0.4 is 15.2 Å². The molecule has 0 radical (unpaired) electrons. The second-order valence-electron chi connectivity index (χ2n) is 4.11. The van der Waals surface area contributed by atoms with E-state index in [0.717, 1.165) is 0 Å². The summed E-state index contributed by atoms with van der Waals surface area (Å²) in [4.78, 5) is 11.4. The Labute approximate surface area is 107 Å². The first-order valence-electron chi connectivity index (χ1n) is 5.72. The first-order valence-corrected chi connectivity index (χ1v) is 5.72. The van der Waals surface area contributed by atoms with Crippen molar-refractivity contribution in [3.8, 4) is 11.5 Å². The van der Waals surface area contributed by atoms with Gasteiger partial charge in [0.2, 0.25) is 0 Å². The van der Waals surface area contributed by atoms with Crippen molar-refractivity contribution in [3.63, 3.8) is 0 Å². The molecule has 0 saturated heterocycles. The summed E-state index contributed by atoms with van der Waals surface area (Å²) in [6.45, 7) is 4.09. The highest BCUT2D eigenvalue weighted by molar-refractivity contribution is 5.80. The molecule has 0 spiro atoms. The van der Waals surface area contributed by atoms with Crippen LogP contribution in [0, 0.1) is 0 Å². The molecule has 5 heteroatoms. The van der Waals surface area contributed by atoms with Gasteiger partial charge in [-0.1, -0.05) is 6.07 Å². The average Bonchev–Trinajstić information content (AvgIpc) is 2.36. The van der Waals surface area contributed by atoms with Crippen LogP contribution in [0.3, 0.4) is 0 Å². The molecule has 2 N–H and O–H groups in total. The number of carbonyl (C=O) groups excluding carboxylic acids is 1. The Morgan fingerprint density at radius 1 is 1.33 bits per heavy atom. The van der Waals surface area contributed by atoms with Crippen molar-refractivity contribution in [1.82, 2.24) is 0 Å². The van der Waals surface area contributed by atoms with E-state index in [-0.39, 0.29) is 6.61 Å². The minimum atomic E-state index is -1.17. The van der Waals surface area contributed by atoms with E-state index in [1.165, 1.54) is 7.11 Å². The summed E-state index contributed by atoms with van der Waals surface area (Å²) in [5.41, 5.74) is 4.61. The molecule has 0 amide bonds. The van der Waals surface area contributed by atoms with Crippen LogP contribution in [0.1, 0.15) is 13.8 Å². The van der Waals surface area contributed by atoms with Gasteiger partial charge in [0.05, 0.1) is 13.7 Å². The van der Waals surface area contributed by atoms with Crippen LogP contribution in [0.25, 0.3) is 0 Å². The summed E-state index contributed by atoms with van der Waals surface area (Å²) < 4.78 is 15.4. The van der Waals surface area contributed by atoms with E-state index in [0.29, 0.717) is 18.1 Å². The predicted molar refractivity (Wildman–Crippen MR) is 67.7 cm³/mol. The quantitative estimate of drug-likeness (QED) is 0.775. The van der Waals surface area contributed by atoms with Crippen LogP contribution >= 0.6 is 0 Å². The number of hydrogen-bond acceptors (Lipinski definition) is 5. The predicted octanol–water partition coefficient (Wildman–Crippen LogP) is 1.35. The smallest absolute Gasteiger partial charge is 0.329 e. The molecule has 1 aromatic rings. The van der Waals surface area contributed by atoms with Gasteiger partial charge in [-0.25, -0.2) is 4.79 Å². The molecule has 0 fully saturated rings. The molecule has 1 aromatic carbocycles. The van der Waals surface area contributed by atoms with E-state index in [1.807, 2.05) is 19.1 Å². The molecule has 0 aliphatic carbocycles. The van der Waals surface area contributed by atoms with Gasteiger partial charge < -0.3 is 19.9 Å². The highest BCUT2D eigenvalue weighted by atomic mass is 16.5. The summed E-state index contributed by atoms with van der Waals surface area (Å²) in [7, 11) is 1.29. The Morgan fingerprint density at radius 2 is 1.94 bits per heavy atom. The number of carbonyl (C=O) groups is 1. The van der Waals surface area contributed by atoms with Crippen molar-refractivity contribution in [2.45, 2.75) is 19.4 Å². The molecule has 5 nitrogen and oxygen atoms in total. The second-order valence-corrected chi connectivity index (χ2v) is 4.11. The minimum Gasteiger partial charge on any atom is -0.494 e. The Hall–Kier alpha value is -1.75. The van der Waals surface area contributed by atoms with Gasteiger partial charge in [0.1, 0.15) is 23.6 Å². The molecule has 1 rings (SSSR count). The van der Waals surface area contributed by atoms with Crippen molar-refractivity contribution in [3.05, 3.63) is 24.3 Å². The average molecular weight is 253 g/mol. The summed E-state index contributed by atoms with van der Waals surface area (Å²) in [5, 5.41) is 0. The van der Waals surface area contributed by atoms with Crippen LogP contribution in [0.4, 0.5) is 0 Å². The zero-order valence-electron chi connectivity index (χ0n) is 10.9. The van der Waals surface area contributed by atoms with Gasteiger partial charge in [0, 0.05) is 6.07 Å². The SMILES string of the molecule is CCOc1cccc(OCC(C)(N)C(=O)OC)c1. The van der Waals surface area contributed by atoms with E-state index >= 15 is 0 Å². The van der Waals surface area contributed by atoms with Crippen molar-refractivity contribution >= 4 is 5.97 Å². The highest BCUT2D eigenvalue weighted by Crippen LogP contribution is 2.20. The fourth-order valence-electron chi connectivity index (χ4n) is 1.35. The van der Waals surface area contributed by atoms with Gasteiger partial charge in [-0.3, -0.25) is 0 Å². The molecule has 0 bridgehead atoms. The van der Waals surface area contributed by atoms with Crippen LogP contribution in [0.2, 0.25) is 0 Å². The molecule has 0 aliphatic rings. The standard InChI is InChI=1S/C13H19NO4/c1-4-17-10-6-5-7-11(8-10)18-9-13(2,14)12(15)16-3/h5-8H,4,9,14H2,1-3H3. The van der Waals surface area contributed by atoms with E-state index in [9.17, 15) is 4.79 Å². The molecule has 0 aliphatic heterocycles. The Morgan fingerprint density at radius 3 is 2.50 bits per heavy atom. The van der Waals surface area contributed by atoms with Crippen LogP contribution in [-0.2, 0) is 9.53 Å². The zero-order valence-corrected chi connectivity index (χ0v) is 10.9. The molecule has 1 atom stereocenters. The lowest BCUT2D eigenvalue weighted by Crippen LogP contribution is -2.50. The van der Waals surface area contributed by atoms with E-state index < -0.39 is 11.5 Å². The Bertz CT molecular complexity index is 404. The van der Waals surface area contributed by atoms with Crippen molar-refractivity contribution in [1.29, 1.82) is 0 Å². The van der Waals surface area contributed by atoms with E-state index in [2.05, 4.69) is 4.74 Å². The van der Waals surface area contributed by atoms with Gasteiger partial charge in [-0.15, -0.1) is 0 Å². The normalized spacial score (nSPS) is 13.6. The number of nitrogens with two attached hydrogens (primary N) is 1. The van der Waals surface area contributed by atoms with Gasteiger partial charge >= 0.3 is 5.97 Å². The van der Waals surface area contributed by atoms with Crippen LogP contribution in [0.5, 0.6) is 11.5 Å². The summed E-state index contributed by atoms with van der Waals surface area (Å²) in [6, 6.07) is 7.16. The van der Waals surface area contributed by atoms with Crippen LogP contribution in [-0.4, -0.2) is 31.8 Å². The highest BCUT2D eigenvalue weighted by Gasteiger charge is 2.30. The molecular formula is C13H19NO4. The number of ether oxygens (including phenoxy) is 3. The lowest BCUT2D eigenvalue weighted by atomic mass is 10.1. The molecule has 0 heterocycles. The first kappa shape index (κ1) is 14.3. The van der Waals surface area contributed by atoms with Crippen molar-refractivity contribution in [2.75, 3.05) is 20.3 Å². The molecular weight excluding hydrogens is 234 g/mol. The van der Waals surface area contributed by atoms with Gasteiger partial charge in [-0.2, -0.15) is 0 Å². The molecule has 0 saturated carbocycles. The first-order chi connectivity index (χ1) is 8.49. The maximum atomic E-state index is 11.4. The largest absolute Gasteiger partial charge is 0.494 e. The molecule has 100 valence electrons. The lowest BCUT2D eigenvalue weighted by molar-refractivity contribution is -0.147. The fraction of sp³-hybridized carbons (Fsp3) is 0.462. The third-order valence-electron chi connectivity index (χ3n) is 2.31. The number of hydrogen-bond donors (Lipinski definition) is 1. The molecule has 0 aromatic heterocycles. The Kier molecular flexibility index (Phi) is 4.97. The monoisotopic (exact) mass is 253 g/mol. The van der Waals surface area contributed by atoms with Crippen LogP contribution in [0.15, 0.2) is 24.3 Å². The lowest BCUT2D eigenvalue weighted by Gasteiger charge is -2.21.